The predicted molar refractivity (Wildman–Crippen MR) is 97.0 cm³/mol. The summed E-state index contributed by atoms with van der Waals surface area (Å²) < 4.78 is 0. The van der Waals surface area contributed by atoms with Crippen LogP contribution < -0.4 is 5.32 Å². The van der Waals surface area contributed by atoms with Gasteiger partial charge in [-0.1, -0.05) is 35.9 Å². The third-order valence-corrected chi connectivity index (χ3v) is 4.50. The van der Waals surface area contributed by atoms with Crippen molar-refractivity contribution in [3.63, 3.8) is 0 Å². The lowest BCUT2D eigenvalue weighted by Crippen LogP contribution is -2.48. The van der Waals surface area contributed by atoms with Gasteiger partial charge in [0.05, 0.1) is 17.8 Å². The van der Waals surface area contributed by atoms with Gasteiger partial charge in [0.1, 0.15) is 10.8 Å². The molecule has 0 radical (unpaired) electrons. The molecule has 2 aromatic rings. The lowest BCUT2D eigenvalue weighted by atomic mass is 9.91. The number of aromatic amines is 1. The first kappa shape index (κ1) is 18.2. The van der Waals surface area contributed by atoms with Gasteiger partial charge in [-0.25, -0.2) is 9.78 Å². The molecule has 0 spiro atoms. The molecule has 3 rings (SSSR count). The Hall–Kier alpha value is -2.64. The van der Waals surface area contributed by atoms with Crippen molar-refractivity contribution in [3.05, 3.63) is 53.5 Å². The lowest BCUT2D eigenvalue weighted by Gasteiger charge is -2.25. The van der Waals surface area contributed by atoms with Gasteiger partial charge in [-0.15, -0.1) is 0 Å². The first-order valence-electron chi connectivity index (χ1n) is 8.13. The normalized spacial score (nSPS) is 18.6. The quantitative estimate of drug-likeness (QED) is 0.578. The molecule has 4 N–H and O–H groups in total. The van der Waals surface area contributed by atoms with Crippen molar-refractivity contribution in [2.75, 3.05) is 0 Å². The van der Waals surface area contributed by atoms with Crippen LogP contribution in [0.1, 0.15) is 23.3 Å². The van der Waals surface area contributed by atoms with Crippen LogP contribution in [0, 0.1) is 5.92 Å². The number of nitrogens with zero attached hydrogens (tertiary/aromatic N) is 1. The van der Waals surface area contributed by atoms with E-state index in [1.54, 1.807) is 12.1 Å². The number of H-pyrrole nitrogens is 1. The summed E-state index contributed by atoms with van der Waals surface area (Å²) >= 11 is 5.84. The van der Waals surface area contributed by atoms with Gasteiger partial charge >= 0.3 is 5.97 Å². The SMILES string of the molecule is O=C(N[C@@H](CC1C=CC=CC1)C(O)C(=O)O)c1cc2cc(Cl)ncc2[nH]1. The number of hydrogen-bond acceptors (Lipinski definition) is 4. The van der Waals surface area contributed by atoms with Crippen LogP contribution in [0.4, 0.5) is 0 Å². The van der Waals surface area contributed by atoms with Crippen molar-refractivity contribution in [2.24, 2.45) is 5.92 Å². The number of allylic oxidation sites excluding steroid dienone is 4. The Kier molecular flexibility index (Phi) is 5.39. The molecule has 2 heterocycles. The van der Waals surface area contributed by atoms with E-state index < -0.39 is 24.0 Å². The molecule has 0 aromatic carbocycles. The maximum Gasteiger partial charge on any atom is 0.334 e. The topological polar surface area (TPSA) is 115 Å². The Labute approximate surface area is 154 Å². The van der Waals surface area contributed by atoms with Gasteiger partial charge in [-0.2, -0.15) is 0 Å². The van der Waals surface area contributed by atoms with Gasteiger partial charge in [0.15, 0.2) is 6.10 Å². The van der Waals surface area contributed by atoms with E-state index in [2.05, 4.69) is 15.3 Å². The average molecular weight is 376 g/mol. The van der Waals surface area contributed by atoms with Crippen molar-refractivity contribution in [2.45, 2.75) is 25.0 Å². The number of pyridine rings is 1. The monoisotopic (exact) mass is 375 g/mol. The van der Waals surface area contributed by atoms with Crippen molar-refractivity contribution in [3.8, 4) is 0 Å². The maximum absolute atomic E-state index is 12.5. The molecule has 1 aliphatic rings. The first-order chi connectivity index (χ1) is 12.4. The summed E-state index contributed by atoms with van der Waals surface area (Å²) in [5.41, 5.74) is 0.876. The molecule has 1 amide bonds. The molecule has 0 fully saturated rings. The highest BCUT2D eigenvalue weighted by atomic mass is 35.5. The number of carbonyl (C=O) groups excluding carboxylic acids is 1. The van der Waals surface area contributed by atoms with Gasteiger partial charge in [0, 0.05) is 5.39 Å². The summed E-state index contributed by atoms with van der Waals surface area (Å²) in [5.74, 6) is -1.83. The average Bonchev–Trinajstić information content (AvgIpc) is 3.04. The molecule has 7 nitrogen and oxygen atoms in total. The van der Waals surface area contributed by atoms with Crippen molar-refractivity contribution < 1.29 is 19.8 Å². The number of amides is 1. The van der Waals surface area contributed by atoms with Gasteiger partial charge in [-0.3, -0.25) is 4.79 Å². The van der Waals surface area contributed by atoms with Crippen LogP contribution in [0.5, 0.6) is 0 Å². The van der Waals surface area contributed by atoms with Crippen LogP contribution in [0.2, 0.25) is 5.15 Å². The van der Waals surface area contributed by atoms with E-state index in [1.165, 1.54) is 6.20 Å². The standard InChI is InChI=1S/C18H18ClN3O4/c19-15-8-11-7-13(21-14(11)9-20-15)17(24)22-12(16(23)18(25)26)6-10-4-2-1-3-5-10/h1-4,7-10,12,16,21,23H,5-6H2,(H,22,24)(H,25,26)/t10?,12-,16?/m0/s1. The fraction of sp³-hybridized carbons (Fsp3) is 0.278. The third kappa shape index (κ3) is 4.12. The zero-order valence-corrected chi connectivity index (χ0v) is 14.5. The summed E-state index contributed by atoms with van der Waals surface area (Å²) in [6.07, 6.45) is 8.53. The number of carbonyl (C=O) groups is 2. The Morgan fingerprint density at radius 1 is 1.38 bits per heavy atom. The number of carboxylic acid groups (broad SMARTS) is 1. The number of nitrogens with one attached hydrogen (secondary N) is 2. The molecule has 8 heteroatoms. The largest absolute Gasteiger partial charge is 0.479 e. The molecular weight excluding hydrogens is 358 g/mol. The fourth-order valence-electron chi connectivity index (χ4n) is 2.94. The third-order valence-electron chi connectivity index (χ3n) is 4.29. The minimum absolute atomic E-state index is 0.0463. The van der Waals surface area contributed by atoms with E-state index >= 15 is 0 Å². The molecule has 136 valence electrons. The molecule has 0 bridgehead atoms. The Balaban J connectivity index is 1.77. The highest BCUT2D eigenvalue weighted by Crippen LogP contribution is 2.21. The van der Waals surface area contributed by atoms with E-state index in [0.29, 0.717) is 22.5 Å². The molecule has 2 unspecified atom stereocenters. The second-order valence-electron chi connectivity index (χ2n) is 6.18. The summed E-state index contributed by atoms with van der Waals surface area (Å²) in [6, 6.07) is 2.30. The van der Waals surface area contributed by atoms with Crippen LogP contribution in [0.15, 0.2) is 42.6 Å². The summed E-state index contributed by atoms with van der Waals surface area (Å²) in [5, 5.41) is 22.8. The molecular formula is C18H18ClN3O4. The molecule has 26 heavy (non-hydrogen) atoms. The zero-order valence-electron chi connectivity index (χ0n) is 13.7. The minimum atomic E-state index is -1.70. The summed E-state index contributed by atoms with van der Waals surface area (Å²) in [6.45, 7) is 0. The van der Waals surface area contributed by atoms with Crippen LogP contribution >= 0.6 is 11.6 Å². The lowest BCUT2D eigenvalue weighted by molar-refractivity contribution is -0.148. The number of aliphatic hydroxyl groups is 1. The van der Waals surface area contributed by atoms with Gasteiger partial charge < -0.3 is 20.5 Å². The highest BCUT2D eigenvalue weighted by molar-refractivity contribution is 6.30. The maximum atomic E-state index is 12.5. The number of halogens is 1. The van der Waals surface area contributed by atoms with E-state index in [-0.39, 0.29) is 11.6 Å². The zero-order chi connectivity index (χ0) is 18.7. The molecule has 0 saturated heterocycles. The van der Waals surface area contributed by atoms with Crippen molar-refractivity contribution >= 4 is 34.4 Å². The minimum Gasteiger partial charge on any atom is -0.479 e. The Morgan fingerprint density at radius 2 is 2.19 bits per heavy atom. The van der Waals surface area contributed by atoms with E-state index in [9.17, 15) is 14.7 Å². The number of aliphatic carboxylic acids is 1. The Bertz CT molecular complexity index is 890. The summed E-state index contributed by atoms with van der Waals surface area (Å²) in [7, 11) is 0. The Morgan fingerprint density at radius 3 is 2.88 bits per heavy atom. The van der Waals surface area contributed by atoms with Gasteiger partial charge in [-0.05, 0) is 30.9 Å². The number of aliphatic hydroxyl groups excluding tert-OH is 1. The van der Waals surface area contributed by atoms with Gasteiger partial charge in [0.25, 0.3) is 5.91 Å². The first-order valence-corrected chi connectivity index (χ1v) is 8.51. The number of aromatic nitrogens is 2. The molecule has 1 aliphatic carbocycles. The number of fused-ring (bicyclic) bond motifs is 1. The number of carboxylic acids is 1. The van der Waals surface area contributed by atoms with E-state index in [1.807, 2.05) is 24.3 Å². The molecule has 2 aromatic heterocycles. The molecule has 3 atom stereocenters. The molecule has 0 saturated carbocycles. The fourth-order valence-corrected chi connectivity index (χ4v) is 3.11. The van der Waals surface area contributed by atoms with Crippen LogP contribution in [-0.4, -0.2) is 44.2 Å². The summed E-state index contributed by atoms with van der Waals surface area (Å²) in [4.78, 5) is 30.6. The highest BCUT2D eigenvalue weighted by Gasteiger charge is 2.30. The second-order valence-corrected chi connectivity index (χ2v) is 6.57. The van der Waals surface area contributed by atoms with Gasteiger partial charge in [0.2, 0.25) is 0 Å². The predicted octanol–water partition coefficient (Wildman–Crippen LogP) is 2.28. The van der Waals surface area contributed by atoms with Crippen molar-refractivity contribution in [1.29, 1.82) is 0 Å². The van der Waals surface area contributed by atoms with E-state index in [0.717, 1.165) is 6.42 Å². The second kappa shape index (κ2) is 7.72. The number of hydrogen-bond donors (Lipinski definition) is 4. The smallest absolute Gasteiger partial charge is 0.334 e. The van der Waals surface area contributed by atoms with E-state index in [4.69, 9.17) is 16.7 Å². The molecule has 0 aliphatic heterocycles. The van der Waals surface area contributed by atoms with Crippen LogP contribution in [-0.2, 0) is 4.79 Å². The number of rotatable bonds is 6. The van der Waals surface area contributed by atoms with Crippen LogP contribution in [0.3, 0.4) is 0 Å². The van der Waals surface area contributed by atoms with Crippen LogP contribution in [0.25, 0.3) is 10.9 Å². The van der Waals surface area contributed by atoms with Crippen molar-refractivity contribution in [1.82, 2.24) is 15.3 Å².